The van der Waals surface area contributed by atoms with E-state index < -0.39 is 15.8 Å². The average molecular weight is 333 g/mol. The Kier molecular flexibility index (Phi) is 5.74. The molecule has 0 aliphatic rings. The SMILES string of the molecule is CCOc1ccccc1S(=O)(=O)NCC#Cc1ccccc1F. The number of ether oxygens (including phenoxy) is 1. The van der Waals surface area contributed by atoms with Gasteiger partial charge in [0.15, 0.2) is 0 Å². The highest BCUT2D eigenvalue weighted by molar-refractivity contribution is 7.89. The van der Waals surface area contributed by atoms with Gasteiger partial charge in [0.05, 0.1) is 18.7 Å². The van der Waals surface area contributed by atoms with Crippen molar-refractivity contribution < 1.29 is 17.5 Å². The summed E-state index contributed by atoms with van der Waals surface area (Å²) in [6, 6.07) is 12.4. The molecule has 0 fully saturated rings. The molecule has 0 amide bonds. The van der Waals surface area contributed by atoms with Gasteiger partial charge in [0, 0.05) is 0 Å². The number of benzene rings is 2. The van der Waals surface area contributed by atoms with E-state index in [9.17, 15) is 12.8 Å². The Balaban J connectivity index is 2.10. The molecule has 0 radical (unpaired) electrons. The van der Waals surface area contributed by atoms with Crippen LogP contribution in [0.3, 0.4) is 0 Å². The fraction of sp³-hybridized carbons (Fsp3) is 0.176. The first kappa shape index (κ1) is 17.0. The zero-order valence-electron chi connectivity index (χ0n) is 12.5. The summed E-state index contributed by atoms with van der Waals surface area (Å²) in [6.45, 7) is 2.01. The van der Waals surface area contributed by atoms with Crippen molar-refractivity contribution >= 4 is 10.0 Å². The van der Waals surface area contributed by atoms with E-state index in [0.29, 0.717) is 6.61 Å². The zero-order chi connectivity index (χ0) is 16.7. The van der Waals surface area contributed by atoms with Crippen LogP contribution in [-0.2, 0) is 10.0 Å². The first-order valence-corrected chi connectivity index (χ1v) is 8.48. The maximum absolute atomic E-state index is 13.4. The number of hydrogen-bond acceptors (Lipinski definition) is 3. The van der Waals surface area contributed by atoms with Gasteiger partial charge in [0.25, 0.3) is 0 Å². The smallest absolute Gasteiger partial charge is 0.245 e. The summed E-state index contributed by atoms with van der Waals surface area (Å²) in [6.07, 6.45) is 0. The molecule has 23 heavy (non-hydrogen) atoms. The second-order valence-electron chi connectivity index (χ2n) is 4.49. The van der Waals surface area contributed by atoms with Crippen LogP contribution in [0, 0.1) is 17.7 Å². The number of para-hydroxylation sites is 1. The van der Waals surface area contributed by atoms with Crippen LogP contribution in [0.2, 0.25) is 0 Å². The molecule has 120 valence electrons. The maximum atomic E-state index is 13.4. The van der Waals surface area contributed by atoms with Crippen LogP contribution < -0.4 is 9.46 Å². The fourth-order valence-electron chi connectivity index (χ4n) is 1.86. The van der Waals surface area contributed by atoms with Gasteiger partial charge in [-0.1, -0.05) is 36.1 Å². The monoisotopic (exact) mass is 333 g/mol. The Morgan fingerprint density at radius 1 is 1.13 bits per heavy atom. The predicted molar refractivity (Wildman–Crippen MR) is 86.1 cm³/mol. The zero-order valence-corrected chi connectivity index (χ0v) is 13.4. The summed E-state index contributed by atoms with van der Waals surface area (Å²) in [5.41, 5.74) is 0.224. The highest BCUT2D eigenvalue weighted by Gasteiger charge is 2.18. The van der Waals surface area contributed by atoms with Crippen LogP contribution in [0.25, 0.3) is 0 Å². The molecule has 0 heterocycles. The van der Waals surface area contributed by atoms with Gasteiger partial charge in [-0.2, -0.15) is 4.72 Å². The fourth-order valence-corrected chi connectivity index (χ4v) is 2.93. The minimum absolute atomic E-state index is 0.0505. The van der Waals surface area contributed by atoms with Crippen molar-refractivity contribution in [3.63, 3.8) is 0 Å². The van der Waals surface area contributed by atoms with E-state index in [4.69, 9.17) is 4.74 Å². The Hall–Kier alpha value is -2.36. The van der Waals surface area contributed by atoms with Crippen LogP contribution in [-0.4, -0.2) is 21.6 Å². The third-order valence-corrected chi connectivity index (χ3v) is 4.33. The van der Waals surface area contributed by atoms with Gasteiger partial charge in [-0.3, -0.25) is 0 Å². The first-order chi connectivity index (χ1) is 11.0. The molecule has 0 bridgehead atoms. The number of nitrogens with one attached hydrogen (secondary N) is 1. The van der Waals surface area contributed by atoms with Gasteiger partial charge in [-0.25, -0.2) is 12.8 Å². The molecule has 2 aromatic rings. The number of hydrogen-bond donors (Lipinski definition) is 1. The Morgan fingerprint density at radius 2 is 1.83 bits per heavy atom. The molecule has 6 heteroatoms. The molecular formula is C17H16FNO3S. The normalized spacial score (nSPS) is 10.7. The summed E-state index contributed by atoms with van der Waals surface area (Å²) < 4.78 is 45.6. The largest absolute Gasteiger partial charge is 0.492 e. The summed E-state index contributed by atoms with van der Waals surface area (Å²) >= 11 is 0. The molecule has 4 nitrogen and oxygen atoms in total. The van der Waals surface area contributed by atoms with Gasteiger partial charge in [-0.15, -0.1) is 0 Å². The predicted octanol–water partition coefficient (Wildman–Crippen LogP) is 2.55. The standard InChI is InChI=1S/C17H16FNO3S/c1-2-22-16-11-5-6-12-17(16)23(20,21)19-13-7-9-14-8-3-4-10-15(14)18/h3-6,8,10-12,19H,2,13H2,1H3. The highest BCUT2D eigenvalue weighted by atomic mass is 32.2. The van der Waals surface area contributed by atoms with Crippen LogP contribution >= 0.6 is 0 Å². The van der Waals surface area contributed by atoms with E-state index in [2.05, 4.69) is 16.6 Å². The molecule has 0 aliphatic heterocycles. The van der Waals surface area contributed by atoms with Gasteiger partial charge < -0.3 is 4.74 Å². The Morgan fingerprint density at radius 3 is 2.57 bits per heavy atom. The molecule has 0 saturated heterocycles. The number of halogens is 1. The second-order valence-corrected chi connectivity index (χ2v) is 6.22. The Labute approximate surface area is 135 Å². The lowest BCUT2D eigenvalue weighted by molar-refractivity contribution is 0.331. The lowest BCUT2D eigenvalue weighted by Gasteiger charge is -2.10. The molecule has 0 aromatic heterocycles. The van der Waals surface area contributed by atoms with Crippen molar-refractivity contribution in [1.82, 2.24) is 4.72 Å². The molecule has 2 aromatic carbocycles. The third-order valence-electron chi connectivity index (χ3n) is 2.89. The van der Waals surface area contributed by atoms with Crippen LogP contribution in [0.1, 0.15) is 12.5 Å². The van der Waals surface area contributed by atoms with E-state index in [1.165, 1.54) is 18.2 Å². The number of rotatable bonds is 5. The van der Waals surface area contributed by atoms with E-state index in [-0.39, 0.29) is 22.8 Å². The van der Waals surface area contributed by atoms with Crippen molar-refractivity contribution in [3.8, 4) is 17.6 Å². The summed E-state index contributed by atoms with van der Waals surface area (Å²) in [7, 11) is -3.75. The minimum Gasteiger partial charge on any atom is -0.492 e. The third kappa shape index (κ3) is 4.55. The Bertz CT molecular complexity index is 838. The van der Waals surface area contributed by atoms with Crippen molar-refractivity contribution in [2.75, 3.05) is 13.2 Å². The van der Waals surface area contributed by atoms with Gasteiger partial charge in [0.2, 0.25) is 10.0 Å². The van der Waals surface area contributed by atoms with Crippen LogP contribution in [0.15, 0.2) is 53.4 Å². The molecular weight excluding hydrogens is 317 g/mol. The van der Waals surface area contributed by atoms with Gasteiger partial charge >= 0.3 is 0 Å². The number of sulfonamides is 1. The maximum Gasteiger partial charge on any atom is 0.245 e. The second kappa shape index (κ2) is 7.77. The molecule has 0 spiro atoms. The quantitative estimate of drug-likeness (QED) is 0.856. The molecule has 0 aliphatic carbocycles. The van der Waals surface area contributed by atoms with Crippen molar-refractivity contribution in [2.24, 2.45) is 0 Å². The van der Waals surface area contributed by atoms with Crippen molar-refractivity contribution in [3.05, 3.63) is 59.9 Å². The summed E-state index contributed by atoms with van der Waals surface area (Å²) in [4.78, 5) is 0.0505. The first-order valence-electron chi connectivity index (χ1n) is 6.99. The van der Waals surface area contributed by atoms with Gasteiger partial charge in [0.1, 0.15) is 16.5 Å². The summed E-state index contributed by atoms with van der Waals surface area (Å²) in [5.74, 6) is 5.03. The van der Waals surface area contributed by atoms with E-state index in [1.54, 1.807) is 37.3 Å². The average Bonchev–Trinajstić information content (AvgIpc) is 2.54. The van der Waals surface area contributed by atoms with Crippen LogP contribution in [0.5, 0.6) is 5.75 Å². The highest BCUT2D eigenvalue weighted by Crippen LogP contribution is 2.22. The molecule has 2 rings (SSSR count). The van der Waals surface area contributed by atoms with Crippen molar-refractivity contribution in [2.45, 2.75) is 11.8 Å². The minimum atomic E-state index is -3.75. The van der Waals surface area contributed by atoms with E-state index in [0.717, 1.165) is 0 Å². The topological polar surface area (TPSA) is 55.4 Å². The van der Waals surface area contributed by atoms with Gasteiger partial charge in [-0.05, 0) is 31.2 Å². The molecule has 0 unspecified atom stereocenters. The molecule has 0 saturated carbocycles. The van der Waals surface area contributed by atoms with Crippen LogP contribution in [0.4, 0.5) is 4.39 Å². The summed E-state index contributed by atoms with van der Waals surface area (Å²) in [5, 5.41) is 0. The molecule has 0 atom stereocenters. The lowest BCUT2D eigenvalue weighted by atomic mass is 10.2. The lowest BCUT2D eigenvalue weighted by Crippen LogP contribution is -2.24. The van der Waals surface area contributed by atoms with E-state index in [1.807, 2.05) is 0 Å². The molecule has 1 N–H and O–H groups in total. The van der Waals surface area contributed by atoms with E-state index >= 15 is 0 Å². The van der Waals surface area contributed by atoms with Crippen molar-refractivity contribution in [1.29, 1.82) is 0 Å².